The molecular weight excluding hydrogens is 296 g/mol. The molecule has 0 radical (unpaired) electrons. The second kappa shape index (κ2) is 7.76. The van der Waals surface area contributed by atoms with E-state index in [9.17, 15) is 14.4 Å². The van der Waals surface area contributed by atoms with Crippen LogP contribution in [0.2, 0.25) is 0 Å². The highest BCUT2D eigenvalue weighted by Gasteiger charge is 2.28. The van der Waals surface area contributed by atoms with E-state index in [1.54, 1.807) is 36.1 Å². The van der Waals surface area contributed by atoms with Gasteiger partial charge in [-0.05, 0) is 45.2 Å². The molecule has 1 heterocycles. The van der Waals surface area contributed by atoms with E-state index < -0.39 is 17.8 Å². The van der Waals surface area contributed by atoms with Crippen molar-refractivity contribution in [1.29, 1.82) is 0 Å². The van der Waals surface area contributed by atoms with Gasteiger partial charge >= 0.3 is 17.8 Å². The highest BCUT2D eigenvalue weighted by molar-refractivity contribution is 6.40. The van der Waals surface area contributed by atoms with E-state index in [0.29, 0.717) is 6.54 Å². The molecule has 6 heteroatoms. The number of benzene rings is 1. The molecule has 0 bridgehead atoms. The van der Waals surface area contributed by atoms with Crippen LogP contribution in [0.4, 0.5) is 5.69 Å². The summed E-state index contributed by atoms with van der Waals surface area (Å²) in [6.45, 7) is 4.48. The number of para-hydroxylation sites is 1. The van der Waals surface area contributed by atoms with Gasteiger partial charge in [-0.1, -0.05) is 12.1 Å². The van der Waals surface area contributed by atoms with Gasteiger partial charge in [-0.25, -0.2) is 4.79 Å². The topological polar surface area (TPSA) is 75.7 Å². The van der Waals surface area contributed by atoms with Crippen LogP contribution >= 0.6 is 0 Å². The van der Waals surface area contributed by atoms with Gasteiger partial charge in [-0.15, -0.1) is 0 Å². The number of carbonyl (C=O) groups is 3. The summed E-state index contributed by atoms with van der Waals surface area (Å²) in [5.41, 5.74) is 0.524. The van der Waals surface area contributed by atoms with Gasteiger partial charge in [0.25, 0.3) is 0 Å². The lowest BCUT2D eigenvalue weighted by Gasteiger charge is -2.32. The van der Waals surface area contributed by atoms with Gasteiger partial charge in [0, 0.05) is 12.6 Å². The molecule has 0 aromatic heterocycles. The second-order valence-corrected chi connectivity index (χ2v) is 5.56. The van der Waals surface area contributed by atoms with Crippen molar-refractivity contribution in [1.82, 2.24) is 4.90 Å². The summed E-state index contributed by atoms with van der Waals surface area (Å²) < 4.78 is 4.96. The zero-order chi connectivity index (χ0) is 16.8. The summed E-state index contributed by atoms with van der Waals surface area (Å²) in [6, 6.07) is 6.56. The van der Waals surface area contributed by atoms with Crippen molar-refractivity contribution in [2.24, 2.45) is 0 Å². The Labute approximate surface area is 135 Å². The fourth-order valence-electron chi connectivity index (χ4n) is 2.69. The Kier molecular flexibility index (Phi) is 5.73. The Morgan fingerprint density at radius 3 is 2.70 bits per heavy atom. The molecular formula is C17H22N2O4. The number of rotatable bonds is 3. The van der Waals surface area contributed by atoms with Crippen molar-refractivity contribution in [3.63, 3.8) is 0 Å². The predicted molar refractivity (Wildman–Crippen MR) is 86.1 cm³/mol. The molecule has 124 valence electrons. The largest absolute Gasteiger partial charge is 0.462 e. The van der Waals surface area contributed by atoms with Gasteiger partial charge in [0.2, 0.25) is 0 Å². The minimum atomic E-state index is -0.726. The number of esters is 1. The first-order valence-corrected chi connectivity index (χ1v) is 7.92. The highest BCUT2D eigenvalue weighted by Crippen LogP contribution is 2.19. The summed E-state index contributed by atoms with van der Waals surface area (Å²) in [5, 5.41) is 2.54. The molecule has 1 unspecified atom stereocenters. The lowest BCUT2D eigenvalue weighted by atomic mass is 10.0. The normalized spacial score (nSPS) is 17.5. The van der Waals surface area contributed by atoms with E-state index in [-0.39, 0.29) is 23.9 Å². The van der Waals surface area contributed by atoms with Gasteiger partial charge in [0.15, 0.2) is 0 Å². The van der Waals surface area contributed by atoms with Crippen LogP contribution in [0, 0.1) is 0 Å². The minimum absolute atomic E-state index is 0.0577. The third kappa shape index (κ3) is 4.09. The smallest absolute Gasteiger partial charge is 0.340 e. The van der Waals surface area contributed by atoms with Crippen LogP contribution in [0.5, 0.6) is 0 Å². The first-order valence-electron chi connectivity index (χ1n) is 7.92. The number of carbonyl (C=O) groups excluding carboxylic acids is 3. The van der Waals surface area contributed by atoms with E-state index >= 15 is 0 Å². The maximum Gasteiger partial charge on any atom is 0.340 e. The van der Waals surface area contributed by atoms with E-state index in [1.165, 1.54) is 0 Å². The van der Waals surface area contributed by atoms with Crippen molar-refractivity contribution < 1.29 is 19.1 Å². The lowest BCUT2D eigenvalue weighted by molar-refractivity contribution is -0.145. The van der Waals surface area contributed by atoms with Gasteiger partial charge in [-0.3, -0.25) is 9.59 Å². The Balaban J connectivity index is 2.11. The third-order valence-corrected chi connectivity index (χ3v) is 3.93. The zero-order valence-electron chi connectivity index (χ0n) is 13.5. The standard InChI is InChI=1S/C17H22N2O4/c1-3-23-17(22)13-9-4-5-10-14(13)18-15(20)16(21)19-11-7-6-8-12(19)2/h4-5,9-10,12H,3,6-8,11H2,1-2H3,(H,18,20). The molecule has 1 aromatic rings. The molecule has 6 nitrogen and oxygen atoms in total. The molecule has 1 saturated heterocycles. The SMILES string of the molecule is CCOC(=O)c1ccccc1NC(=O)C(=O)N1CCCCC1C. The van der Waals surface area contributed by atoms with Crippen LogP contribution in [0.15, 0.2) is 24.3 Å². The predicted octanol–water partition coefficient (Wildman–Crippen LogP) is 2.20. The molecule has 0 saturated carbocycles. The Hall–Kier alpha value is -2.37. The van der Waals surface area contributed by atoms with E-state index in [4.69, 9.17) is 4.74 Å². The van der Waals surface area contributed by atoms with Crippen molar-refractivity contribution in [3.8, 4) is 0 Å². The number of likely N-dealkylation sites (tertiary alicyclic amines) is 1. The number of hydrogen-bond acceptors (Lipinski definition) is 4. The average Bonchev–Trinajstić information content (AvgIpc) is 2.55. The summed E-state index contributed by atoms with van der Waals surface area (Å²) in [7, 11) is 0. The lowest BCUT2D eigenvalue weighted by Crippen LogP contribution is -2.47. The Bertz CT molecular complexity index is 600. The van der Waals surface area contributed by atoms with Crippen LogP contribution in [0.25, 0.3) is 0 Å². The van der Waals surface area contributed by atoms with Crippen LogP contribution in [-0.2, 0) is 14.3 Å². The van der Waals surface area contributed by atoms with Crippen LogP contribution in [0.1, 0.15) is 43.5 Å². The number of piperidine rings is 1. The molecule has 2 rings (SSSR count). The van der Waals surface area contributed by atoms with Gasteiger partial charge < -0.3 is 15.0 Å². The van der Waals surface area contributed by atoms with Crippen molar-refractivity contribution in [2.75, 3.05) is 18.5 Å². The number of hydrogen-bond donors (Lipinski definition) is 1. The maximum atomic E-state index is 12.3. The Morgan fingerprint density at radius 2 is 2.00 bits per heavy atom. The minimum Gasteiger partial charge on any atom is -0.462 e. The Morgan fingerprint density at radius 1 is 1.26 bits per heavy atom. The van der Waals surface area contributed by atoms with Gasteiger partial charge in [-0.2, -0.15) is 0 Å². The second-order valence-electron chi connectivity index (χ2n) is 5.56. The van der Waals surface area contributed by atoms with Crippen LogP contribution in [0.3, 0.4) is 0 Å². The quantitative estimate of drug-likeness (QED) is 0.685. The monoisotopic (exact) mass is 318 g/mol. The third-order valence-electron chi connectivity index (χ3n) is 3.93. The fourth-order valence-corrected chi connectivity index (χ4v) is 2.69. The first kappa shape index (κ1) is 17.0. The molecule has 2 amide bonds. The van der Waals surface area contributed by atoms with Gasteiger partial charge in [0.1, 0.15) is 0 Å². The first-order chi connectivity index (χ1) is 11.0. The van der Waals surface area contributed by atoms with E-state index in [1.807, 2.05) is 6.92 Å². The van der Waals surface area contributed by atoms with Crippen LogP contribution in [-0.4, -0.2) is 41.9 Å². The van der Waals surface area contributed by atoms with E-state index in [0.717, 1.165) is 19.3 Å². The zero-order valence-corrected chi connectivity index (χ0v) is 13.5. The number of ether oxygens (including phenoxy) is 1. The summed E-state index contributed by atoms with van der Waals surface area (Å²) in [6.07, 6.45) is 2.87. The molecule has 1 N–H and O–H groups in total. The molecule has 1 aliphatic rings. The number of anilines is 1. The maximum absolute atomic E-state index is 12.3. The molecule has 0 aliphatic carbocycles. The summed E-state index contributed by atoms with van der Waals surface area (Å²) in [4.78, 5) is 38.0. The number of amides is 2. The highest BCUT2D eigenvalue weighted by atomic mass is 16.5. The fraction of sp³-hybridized carbons (Fsp3) is 0.471. The molecule has 23 heavy (non-hydrogen) atoms. The molecule has 1 aromatic carbocycles. The molecule has 0 spiro atoms. The van der Waals surface area contributed by atoms with Crippen molar-refractivity contribution in [3.05, 3.63) is 29.8 Å². The summed E-state index contributed by atoms with van der Waals surface area (Å²) >= 11 is 0. The average molecular weight is 318 g/mol. The molecule has 1 aliphatic heterocycles. The molecule has 1 atom stereocenters. The van der Waals surface area contributed by atoms with Crippen molar-refractivity contribution in [2.45, 2.75) is 39.2 Å². The van der Waals surface area contributed by atoms with Gasteiger partial charge in [0.05, 0.1) is 17.9 Å². The van der Waals surface area contributed by atoms with E-state index in [2.05, 4.69) is 5.32 Å². The van der Waals surface area contributed by atoms with Crippen LogP contribution < -0.4 is 5.32 Å². The number of nitrogens with one attached hydrogen (secondary N) is 1. The molecule has 1 fully saturated rings. The van der Waals surface area contributed by atoms with Crippen molar-refractivity contribution >= 4 is 23.5 Å². The number of nitrogens with zero attached hydrogens (tertiary/aromatic N) is 1. The summed E-state index contributed by atoms with van der Waals surface area (Å²) in [5.74, 6) is -1.81.